The summed E-state index contributed by atoms with van der Waals surface area (Å²) in [4.78, 5) is 19.7. The van der Waals surface area contributed by atoms with E-state index in [-0.39, 0.29) is 11.9 Å². The monoisotopic (exact) mass is 430 g/mol. The number of carbonyl (C=O) groups excluding carboxylic acids is 1. The number of aryl methyl sites for hydroxylation is 2. The Balaban J connectivity index is 1.27. The van der Waals surface area contributed by atoms with Gasteiger partial charge < -0.3 is 9.64 Å². The number of aromatic nitrogens is 1. The Bertz CT molecular complexity index is 1120. The quantitative estimate of drug-likeness (QED) is 0.450. The summed E-state index contributed by atoms with van der Waals surface area (Å²) in [5.74, 6) is 0.887. The Morgan fingerprint density at radius 3 is 2.87 bits per heavy atom. The molecule has 0 aliphatic heterocycles. The zero-order chi connectivity index (χ0) is 21.2. The molecule has 0 saturated heterocycles. The standard InChI is InChI=1S/C26H26N2O2S/c1-18-27-21(17-31-18)16-30-23-7-4-5-19(15-23)9-14-26(29)28(22-11-12-22)25-13-10-20-6-2-3-8-24(20)25/h2-9,14-15,17,22,25H,10-13,16H2,1H3/b14-9+/t25-/m1/s1. The molecular weight excluding hydrogens is 404 g/mol. The molecule has 2 aliphatic rings. The average Bonchev–Trinajstić information content (AvgIpc) is 3.39. The van der Waals surface area contributed by atoms with Gasteiger partial charge in [0.2, 0.25) is 5.91 Å². The highest BCUT2D eigenvalue weighted by molar-refractivity contribution is 7.09. The Kier molecular flexibility index (Phi) is 5.60. The van der Waals surface area contributed by atoms with Crippen molar-refractivity contribution in [3.05, 3.63) is 87.4 Å². The molecular formula is C26H26N2O2S. The third-order valence-corrected chi connectivity index (χ3v) is 6.78. The lowest BCUT2D eigenvalue weighted by molar-refractivity contribution is -0.129. The van der Waals surface area contributed by atoms with Crippen LogP contribution in [0.4, 0.5) is 0 Å². The van der Waals surface area contributed by atoms with Crippen LogP contribution in [0.3, 0.4) is 0 Å². The van der Waals surface area contributed by atoms with Gasteiger partial charge in [-0.25, -0.2) is 4.98 Å². The zero-order valence-electron chi connectivity index (χ0n) is 17.7. The SMILES string of the molecule is Cc1nc(COc2cccc(/C=C/C(=O)N(C3CC3)[C@@H]3CCc4ccccc43)c2)cs1. The van der Waals surface area contributed by atoms with Gasteiger partial charge in [-0.15, -0.1) is 11.3 Å². The van der Waals surface area contributed by atoms with Gasteiger partial charge in [0.1, 0.15) is 12.4 Å². The predicted octanol–water partition coefficient (Wildman–Crippen LogP) is 5.72. The number of fused-ring (bicyclic) bond motifs is 1. The molecule has 4 nitrogen and oxygen atoms in total. The van der Waals surface area contributed by atoms with Gasteiger partial charge in [-0.1, -0.05) is 36.4 Å². The summed E-state index contributed by atoms with van der Waals surface area (Å²) in [7, 11) is 0. The molecule has 5 rings (SSSR count). The molecule has 3 aromatic rings. The van der Waals surface area contributed by atoms with Crippen LogP contribution in [0, 0.1) is 6.92 Å². The Labute approximate surface area is 187 Å². The highest BCUT2D eigenvalue weighted by atomic mass is 32.1. The van der Waals surface area contributed by atoms with Gasteiger partial charge >= 0.3 is 0 Å². The number of hydrogen-bond acceptors (Lipinski definition) is 4. The molecule has 158 valence electrons. The van der Waals surface area contributed by atoms with E-state index < -0.39 is 0 Å². The van der Waals surface area contributed by atoms with Crippen molar-refractivity contribution < 1.29 is 9.53 Å². The number of carbonyl (C=O) groups is 1. The zero-order valence-corrected chi connectivity index (χ0v) is 18.5. The van der Waals surface area contributed by atoms with Crippen molar-refractivity contribution in [1.29, 1.82) is 0 Å². The molecule has 2 aromatic carbocycles. The molecule has 1 aromatic heterocycles. The van der Waals surface area contributed by atoms with Crippen LogP contribution < -0.4 is 4.74 Å². The highest BCUT2D eigenvalue weighted by Crippen LogP contribution is 2.41. The van der Waals surface area contributed by atoms with Gasteiger partial charge in [0.15, 0.2) is 0 Å². The van der Waals surface area contributed by atoms with E-state index in [1.165, 1.54) is 11.1 Å². The molecule has 0 radical (unpaired) electrons. The van der Waals surface area contributed by atoms with E-state index in [9.17, 15) is 4.79 Å². The second kappa shape index (κ2) is 8.67. The largest absolute Gasteiger partial charge is 0.487 e. The van der Waals surface area contributed by atoms with Crippen molar-refractivity contribution in [2.24, 2.45) is 0 Å². The lowest BCUT2D eigenvalue weighted by atomic mass is 10.1. The first-order valence-electron chi connectivity index (χ1n) is 10.9. The first kappa shape index (κ1) is 20.0. The maximum atomic E-state index is 13.2. The number of amides is 1. The summed E-state index contributed by atoms with van der Waals surface area (Å²) in [5.41, 5.74) is 4.61. The van der Waals surface area contributed by atoms with E-state index in [0.717, 1.165) is 47.7 Å². The van der Waals surface area contributed by atoms with Crippen LogP contribution in [0.2, 0.25) is 0 Å². The van der Waals surface area contributed by atoms with Crippen LogP contribution in [-0.4, -0.2) is 21.8 Å². The fourth-order valence-electron chi connectivity index (χ4n) is 4.36. The van der Waals surface area contributed by atoms with E-state index in [2.05, 4.69) is 34.1 Å². The van der Waals surface area contributed by atoms with E-state index in [4.69, 9.17) is 4.74 Å². The smallest absolute Gasteiger partial charge is 0.247 e. The predicted molar refractivity (Wildman–Crippen MR) is 124 cm³/mol. The summed E-state index contributed by atoms with van der Waals surface area (Å²) >= 11 is 1.63. The number of rotatable bonds is 7. The van der Waals surface area contributed by atoms with Crippen molar-refractivity contribution in [3.63, 3.8) is 0 Å². The Hall–Kier alpha value is -2.92. The summed E-state index contributed by atoms with van der Waals surface area (Å²) in [6.45, 7) is 2.44. The maximum Gasteiger partial charge on any atom is 0.247 e. The number of thiazole rings is 1. The van der Waals surface area contributed by atoms with E-state index in [1.54, 1.807) is 17.4 Å². The molecule has 1 amide bonds. The van der Waals surface area contributed by atoms with Gasteiger partial charge in [-0.2, -0.15) is 0 Å². The van der Waals surface area contributed by atoms with Crippen molar-refractivity contribution >= 4 is 23.3 Å². The van der Waals surface area contributed by atoms with Crippen LogP contribution >= 0.6 is 11.3 Å². The second-order valence-electron chi connectivity index (χ2n) is 8.28. The lowest BCUT2D eigenvalue weighted by Gasteiger charge is -2.29. The molecule has 0 bridgehead atoms. The fraction of sp³-hybridized carbons (Fsp3) is 0.308. The maximum absolute atomic E-state index is 13.2. The van der Waals surface area contributed by atoms with Crippen molar-refractivity contribution in [2.75, 3.05) is 0 Å². The normalized spacial score (nSPS) is 17.6. The van der Waals surface area contributed by atoms with Gasteiger partial charge in [0, 0.05) is 17.5 Å². The van der Waals surface area contributed by atoms with Crippen LogP contribution in [0.5, 0.6) is 5.75 Å². The second-order valence-corrected chi connectivity index (χ2v) is 9.34. The van der Waals surface area contributed by atoms with Gasteiger partial charge in [0.05, 0.1) is 16.7 Å². The number of hydrogen-bond donors (Lipinski definition) is 0. The van der Waals surface area contributed by atoms with Gasteiger partial charge in [0.25, 0.3) is 0 Å². The van der Waals surface area contributed by atoms with Crippen molar-refractivity contribution in [2.45, 2.75) is 51.3 Å². The molecule has 1 fully saturated rings. The molecule has 0 unspecified atom stereocenters. The molecule has 1 atom stereocenters. The van der Waals surface area contributed by atoms with E-state index in [1.807, 2.05) is 42.6 Å². The van der Waals surface area contributed by atoms with Crippen LogP contribution in [0.15, 0.2) is 60.0 Å². The lowest BCUT2D eigenvalue weighted by Crippen LogP contribution is -2.34. The molecule has 1 heterocycles. The topological polar surface area (TPSA) is 42.4 Å². The van der Waals surface area contributed by atoms with Crippen LogP contribution in [0.1, 0.15) is 52.7 Å². The number of ether oxygens (including phenoxy) is 1. The number of nitrogens with zero attached hydrogens (tertiary/aromatic N) is 2. The van der Waals surface area contributed by atoms with Gasteiger partial charge in [-0.05, 0) is 67.5 Å². The van der Waals surface area contributed by atoms with Gasteiger partial charge in [-0.3, -0.25) is 4.79 Å². The van der Waals surface area contributed by atoms with E-state index >= 15 is 0 Å². The third-order valence-electron chi connectivity index (χ3n) is 5.96. The first-order chi connectivity index (χ1) is 15.2. The third kappa shape index (κ3) is 4.57. The summed E-state index contributed by atoms with van der Waals surface area (Å²) in [6, 6.07) is 17.0. The number of benzene rings is 2. The first-order valence-corrected chi connectivity index (χ1v) is 11.8. The molecule has 1 saturated carbocycles. The minimum absolute atomic E-state index is 0.105. The van der Waals surface area contributed by atoms with Crippen molar-refractivity contribution in [1.82, 2.24) is 9.88 Å². The van der Waals surface area contributed by atoms with Crippen LogP contribution in [0.25, 0.3) is 6.08 Å². The molecule has 2 aliphatic carbocycles. The summed E-state index contributed by atoms with van der Waals surface area (Å²) in [6.07, 6.45) is 7.92. The Morgan fingerprint density at radius 1 is 1.19 bits per heavy atom. The minimum atomic E-state index is 0.105. The van der Waals surface area contributed by atoms with Crippen molar-refractivity contribution in [3.8, 4) is 5.75 Å². The van der Waals surface area contributed by atoms with Crippen LogP contribution in [-0.2, 0) is 17.8 Å². The molecule has 31 heavy (non-hydrogen) atoms. The molecule has 0 spiro atoms. The average molecular weight is 431 g/mol. The van der Waals surface area contributed by atoms with E-state index in [0.29, 0.717) is 12.6 Å². The molecule has 5 heteroatoms. The summed E-state index contributed by atoms with van der Waals surface area (Å²) < 4.78 is 5.88. The molecule has 0 N–H and O–H groups in total. The Morgan fingerprint density at radius 2 is 2.06 bits per heavy atom. The summed E-state index contributed by atoms with van der Waals surface area (Å²) in [5, 5.41) is 3.06. The minimum Gasteiger partial charge on any atom is -0.487 e. The highest BCUT2D eigenvalue weighted by Gasteiger charge is 2.39. The fourth-order valence-corrected chi connectivity index (χ4v) is 4.96.